The van der Waals surface area contributed by atoms with Gasteiger partial charge >= 0.3 is 6.18 Å². The van der Waals surface area contributed by atoms with Crippen LogP contribution in [0.3, 0.4) is 0 Å². The molecule has 4 aromatic carbocycles. The molecule has 2 N–H and O–H groups in total. The van der Waals surface area contributed by atoms with Crippen molar-refractivity contribution in [2.75, 3.05) is 29.9 Å². The molecule has 1 fully saturated rings. The van der Waals surface area contributed by atoms with E-state index < -0.39 is 17.6 Å². The minimum atomic E-state index is -4.48. The Morgan fingerprint density at radius 2 is 1.40 bits per heavy atom. The van der Waals surface area contributed by atoms with Crippen LogP contribution in [0.2, 0.25) is 0 Å². The molecule has 8 heteroatoms. The first-order chi connectivity index (χ1) is 20.8. The van der Waals surface area contributed by atoms with Gasteiger partial charge in [-0.2, -0.15) is 13.2 Å². The molecule has 5 nitrogen and oxygen atoms in total. The molecule has 1 aliphatic rings. The second kappa shape index (κ2) is 13.6. The lowest BCUT2D eigenvalue weighted by Crippen LogP contribution is -2.36. The maximum absolute atomic E-state index is 13.5. The molecule has 5 rings (SSSR count). The molecule has 0 radical (unpaired) electrons. The molecular formula is C35H34F3N3O2. The number of nitrogens with zero attached hydrogens (tertiary/aromatic N) is 1. The molecule has 0 saturated carbocycles. The summed E-state index contributed by atoms with van der Waals surface area (Å²) in [5.41, 5.74) is 3.33. The van der Waals surface area contributed by atoms with Gasteiger partial charge in [-0.3, -0.25) is 9.59 Å². The number of hydrogen-bond acceptors (Lipinski definition) is 3. The van der Waals surface area contributed by atoms with Crippen LogP contribution in [0.15, 0.2) is 103 Å². The van der Waals surface area contributed by atoms with E-state index in [2.05, 4.69) is 39.8 Å². The highest BCUT2D eigenvalue weighted by Crippen LogP contribution is 2.31. The second-order valence-corrected chi connectivity index (χ2v) is 10.9. The Kier molecular flexibility index (Phi) is 9.45. The van der Waals surface area contributed by atoms with Gasteiger partial charge in [-0.25, -0.2) is 0 Å². The smallest absolute Gasteiger partial charge is 0.371 e. The topological polar surface area (TPSA) is 61.4 Å². The maximum atomic E-state index is 13.5. The third kappa shape index (κ3) is 8.03. The van der Waals surface area contributed by atoms with E-state index in [0.29, 0.717) is 30.1 Å². The molecular weight excluding hydrogens is 551 g/mol. The largest absolute Gasteiger partial charge is 0.416 e. The fourth-order valence-electron chi connectivity index (χ4n) is 5.47. The number of halogens is 3. The van der Waals surface area contributed by atoms with Crippen molar-refractivity contribution in [3.05, 3.63) is 131 Å². The van der Waals surface area contributed by atoms with Crippen molar-refractivity contribution in [1.29, 1.82) is 0 Å². The minimum Gasteiger partial charge on any atom is -0.371 e. The Hall–Kier alpha value is -4.59. The first-order valence-electron chi connectivity index (χ1n) is 14.5. The van der Waals surface area contributed by atoms with Crippen molar-refractivity contribution in [2.45, 2.75) is 31.9 Å². The van der Waals surface area contributed by atoms with Crippen LogP contribution >= 0.6 is 0 Å². The van der Waals surface area contributed by atoms with Crippen LogP contribution in [-0.2, 0) is 19.0 Å². The number of benzene rings is 4. The van der Waals surface area contributed by atoms with Gasteiger partial charge in [-0.05, 0) is 85.2 Å². The summed E-state index contributed by atoms with van der Waals surface area (Å²) in [5, 5.41) is 5.76. The van der Waals surface area contributed by atoms with E-state index in [4.69, 9.17) is 0 Å². The Morgan fingerprint density at radius 1 is 0.767 bits per heavy atom. The highest BCUT2D eigenvalue weighted by molar-refractivity contribution is 6.06. The van der Waals surface area contributed by atoms with Crippen LogP contribution in [0.1, 0.15) is 50.2 Å². The summed E-state index contributed by atoms with van der Waals surface area (Å²) in [6, 6.07) is 29.6. The van der Waals surface area contributed by atoms with E-state index in [-0.39, 0.29) is 11.5 Å². The van der Waals surface area contributed by atoms with Crippen molar-refractivity contribution < 1.29 is 22.8 Å². The summed E-state index contributed by atoms with van der Waals surface area (Å²) < 4.78 is 38.8. The van der Waals surface area contributed by atoms with Gasteiger partial charge < -0.3 is 15.5 Å². The number of carbonyl (C=O) groups is 2. The number of nitrogens with one attached hydrogen (secondary N) is 2. The second-order valence-electron chi connectivity index (χ2n) is 10.9. The van der Waals surface area contributed by atoms with E-state index in [1.807, 2.05) is 42.5 Å². The highest BCUT2D eigenvalue weighted by Gasteiger charge is 2.30. The Morgan fingerprint density at radius 3 is 2.02 bits per heavy atom. The summed E-state index contributed by atoms with van der Waals surface area (Å²) in [4.78, 5) is 28.6. The van der Waals surface area contributed by atoms with Crippen molar-refractivity contribution >= 4 is 23.2 Å². The van der Waals surface area contributed by atoms with Crippen LogP contribution in [0, 0.1) is 5.92 Å². The SMILES string of the molecule is O=C(Nc1ccc(N2CCC(Cc3ccccc3)CC2)c(C(=O)NCCc2ccccc2)c1)c1ccc(C(F)(F)F)cc1. The Balaban J connectivity index is 1.30. The van der Waals surface area contributed by atoms with E-state index in [1.54, 1.807) is 12.1 Å². The fraction of sp³-hybridized carbons (Fsp3) is 0.257. The number of carbonyl (C=O) groups excluding carboxylic acids is 2. The van der Waals surface area contributed by atoms with Gasteiger partial charge in [-0.15, -0.1) is 0 Å². The van der Waals surface area contributed by atoms with Gasteiger partial charge in [-0.1, -0.05) is 60.7 Å². The standard InChI is InChI=1S/C35H34F3N3O2/c36-35(37,38)29-13-11-28(12-14-29)33(42)40-30-15-16-32(31(24-30)34(43)39-20-17-25-7-3-1-4-8-25)41-21-18-27(19-22-41)23-26-9-5-2-6-10-26/h1-16,24,27H,17-23H2,(H,39,43)(H,40,42). The molecule has 4 aromatic rings. The van der Waals surface area contributed by atoms with E-state index in [1.165, 1.54) is 5.56 Å². The average Bonchev–Trinajstić information content (AvgIpc) is 3.02. The van der Waals surface area contributed by atoms with Crippen LogP contribution in [0.5, 0.6) is 0 Å². The van der Waals surface area contributed by atoms with Crippen LogP contribution in [-0.4, -0.2) is 31.4 Å². The van der Waals surface area contributed by atoms with Crippen molar-refractivity contribution in [3.8, 4) is 0 Å². The van der Waals surface area contributed by atoms with Crippen LogP contribution in [0.25, 0.3) is 0 Å². The summed E-state index contributed by atoms with van der Waals surface area (Å²) in [7, 11) is 0. The van der Waals surface area contributed by atoms with Crippen molar-refractivity contribution in [1.82, 2.24) is 5.32 Å². The fourth-order valence-corrected chi connectivity index (χ4v) is 5.47. The zero-order chi connectivity index (χ0) is 30.2. The highest BCUT2D eigenvalue weighted by atomic mass is 19.4. The van der Waals surface area contributed by atoms with Crippen LogP contribution < -0.4 is 15.5 Å². The predicted octanol–water partition coefficient (Wildman–Crippen LogP) is 7.39. The Bertz CT molecular complexity index is 1520. The summed E-state index contributed by atoms with van der Waals surface area (Å²) in [6.07, 6.45) is -0.788. The Labute approximate surface area is 249 Å². The molecule has 0 atom stereocenters. The van der Waals surface area contributed by atoms with Gasteiger partial charge in [0.1, 0.15) is 0 Å². The number of piperidine rings is 1. The quantitative estimate of drug-likeness (QED) is 0.215. The first-order valence-corrected chi connectivity index (χ1v) is 14.5. The number of anilines is 2. The molecule has 0 aliphatic carbocycles. The number of amides is 2. The van der Waals surface area contributed by atoms with Gasteiger partial charge in [0.05, 0.1) is 11.1 Å². The lowest BCUT2D eigenvalue weighted by atomic mass is 9.89. The van der Waals surface area contributed by atoms with Crippen LogP contribution in [0.4, 0.5) is 24.5 Å². The molecule has 43 heavy (non-hydrogen) atoms. The van der Waals surface area contributed by atoms with Crippen molar-refractivity contribution in [2.24, 2.45) is 5.92 Å². The molecule has 222 valence electrons. The van der Waals surface area contributed by atoms with Gasteiger partial charge in [0.15, 0.2) is 0 Å². The maximum Gasteiger partial charge on any atom is 0.416 e. The van der Waals surface area contributed by atoms with Gasteiger partial charge in [0.2, 0.25) is 0 Å². The lowest BCUT2D eigenvalue weighted by molar-refractivity contribution is -0.137. The minimum absolute atomic E-state index is 0.0893. The monoisotopic (exact) mass is 585 g/mol. The molecule has 0 bridgehead atoms. The molecule has 2 amide bonds. The summed E-state index contributed by atoms with van der Waals surface area (Å²) >= 11 is 0. The zero-order valence-corrected chi connectivity index (χ0v) is 23.7. The van der Waals surface area contributed by atoms with E-state index >= 15 is 0 Å². The molecule has 0 spiro atoms. The van der Waals surface area contributed by atoms with Crippen molar-refractivity contribution in [3.63, 3.8) is 0 Å². The molecule has 0 unspecified atom stereocenters. The number of alkyl halides is 3. The van der Waals surface area contributed by atoms with Gasteiger partial charge in [0.25, 0.3) is 11.8 Å². The third-order valence-corrected chi connectivity index (χ3v) is 7.84. The molecule has 0 aromatic heterocycles. The summed E-state index contributed by atoms with van der Waals surface area (Å²) in [6.45, 7) is 2.06. The number of hydrogen-bond donors (Lipinski definition) is 2. The molecule has 1 aliphatic heterocycles. The number of rotatable bonds is 9. The average molecular weight is 586 g/mol. The van der Waals surface area contributed by atoms with Gasteiger partial charge in [0, 0.05) is 36.6 Å². The molecule has 1 saturated heterocycles. The first kappa shape index (κ1) is 29.9. The third-order valence-electron chi connectivity index (χ3n) is 7.84. The summed E-state index contributed by atoms with van der Waals surface area (Å²) in [5.74, 6) is -0.245. The predicted molar refractivity (Wildman–Crippen MR) is 163 cm³/mol. The zero-order valence-electron chi connectivity index (χ0n) is 23.7. The lowest BCUT2D eigenvalue weighted by Gasteiger charge is -2.35. The van der Waals surface area contributed by atoms with E-state index in [9.17, 15) is 22.8 Å². The molecule has 1 heterocycles. The van der Waals surface area contributed by atoms with E-state index in [0.717, 1.165) is 67.9 Å². The normalized spacial score (nSPS) is 13.9.